The van der Waals surface area contributed by atoms with Crippen LogP contribution in [-0.2, 0) is 13.1 Å². The van der Waals surface area contributed by atoms with E-state index in [0.29, 0.717) is 35.3 Å². The molecule has 9 nitrogen and oxygen atoms in total. The third-order valence-corrected chi connectivity index (χ3v) is 6.83. The lowest BCUT2D eigenvalue weighted by atomic mass is 10.1. The summed E-state index contributed by atoms with van der Waals surface area (Å²) in [6, 6.07) is 13.3. The van der Waals surface area contributed by atoms with Crippen molar-refractivity contribution in [2.45, 2.75) is 31.9 Å². The number of aliphatic imine (C=N–C) groups is 1. The van der Waals surface area contributed by atoms with Gasteiger partial charge in [-0.05, 0) is 43.4 Å². The Labute approximate surface area is 233 Å². The summed E-state index contributed by atoms with van der Waals surface area (Å²) in [5.41, 5.74) is 2.30. The van der Waals surface area contributed by atoms with E-state index in [9.17, 15) is 22.4 Å². The molecular formula is C28H29F4N7O2. The number of hydrogen-bond donors (Lipinski definition) is 1. The van der Waals surface area contributed by atoms with Gasteiger partial charge in [-0.1, -0.05) is 17.3 Å². The Bertz CT molecular complexity index is 1590. The summed E-state index contributed by atoms with van der Waals surface area (Å²) < 4.78 is 61.9. The van der Waals surface area contributed by atoms with Crippen molar-refractivity contribution in [3.05, 3.63) is 60.0 Å². The first kappa shape index (κ1) is 28.3. The van der Waals surface area contributed by atoms with Gasteiger partial charge in [0, 0.05) is 50.2 Å². The molecule has 0 radical (unpaired) electrons. The van der Waals surface area contributed by atoms with E-state index in [0.717, 1.165) is 10.3 Å². The predicted molar refractivity (Wildman–Crippen MR) is 147 cm³/mol. The summed E-state index contributed by atoms with van der Waals surface area (Å²) in [5, 5.41) is 6.99. The standard InChI is InChI=1S/C28H29F4N7O2/c1-37(2)18-7-4-6-17(12-18)27(40)33-14-25-35-26(36-41-25)24-13-19-21(34-22-10-11-38(3)15-20(22)29)8-5-9-23(19)39(24)16-28(30,31)32/h4-9,12-13,20H,10-11,14-16H2,1-3H3,(H,33,40)/t20-/m0/s1. The molecule has 2 aromatic heterocycles. The number of nitrogens with one attached hydrogen (secondary N) is 1. The highest BCUT2D eigenvalue weighted by Crippen LogP contribution is 2.35. The number of nitrogens with zero attached hydrogens (tertiary/aromatic N) is 6. The van der Waals surface area contributed by atoms with Crippen LogP contribution in [0.25, 0.3) is 22.4 Å². The molecule has 216 valence electrons. The Morgan fingerprint density at radius 1 is 1.20 bits per heavy atom. The molecule has 1 amide bonds. The van der Waals surface area contributed by atoms with Gasteiger partial charge < -0.3 is 24.2 Å². The van der Waals surface area contributed by atoms with Gasteiger partial charge in [0.15, 0.2) is 6.17 Å². The first-order valence-corrected chi connectivity index (χ1v) is 13.0. The van der Waals surface area contributed by atoms with Crippen LogP contribution in [0.4, 0.5) is 28.9 Å². The molecule has 3 heterocycles. The molecule has 1 N–H and O–H groups in total. The zero-order valence-corrected chi connectivity index (χ0v) is 22.7. The van der Waals surface area contributed by atoms with Crippen LogP contribution in [0.3, 0.4) is 0 Å². The average Bonchev–Trinajstić information content (AvgIpc) is 3.53. The number of alkyl halides is 4. The molecule has 1 aliphatic heterocycles. The summed E-state index contributed by atoms with van der Waals surface area (Å²) in [6.07, 6.45) is -5.38. The highest BCUT2D eigenvalue weighted by atomic mass is 19.4. The number of carbonyl (C=O) groups excluding carboxylic acids is 1. The Hall–Kier alpha value is -4.26. The zero-order chi connectivity index (χ0) is 29.3. The van der Waals surface area contributed by atoms with Crippen LogP contribution >= 0.6 is 0 Å². The summed E-state index contributed by atoms with van der Waals surface area (Å²) in [5.74, 6) is -0.429. The third-order valence-electron chi connectivity index (χ3n) is 6.83. The van der Waals surface area contributed by atoms with E-state index in [1.54, 1.807) is 36.4 Å². The maximum absolute atomic E-state index is 14.7. The lowest BCUT2D eigenvalue weighted by molar-refractivity contribution is -0.139. The Balaban J connectivity index is 1.44. The number of piperidine rings is 1. The van der Waals surface area contributed by atoms with Crippen molar-refractivity contribution in [1.29, 1.82) is 0 Å². The summed E-state index contributed by atoms with van der Waals surface area (Å²) in [7, 11) is 5.54. The number of rotatable bonds is 7. The van der Waals surface area contributed by atoms with Crippen molar-refractivity contribution >= 4 is 33.9 Å². The molecule has 2 aromatic carbocycles. The van der Waals surface area contributed by atoms with Crippen molar-refractivity contribution in [1.82, 2.24) is 24.9 Å². The Morgan fingerprint density at radius 3 is 2.71 bits per heavy atom. The molecule has 0 bridgehead atoms. The van der Waals surface area contributed by atoms with Gasteiger partial charge in [-0.15, -0.1) is 0 Å². The molecule has 41 heavy (non-hydrogen) atoms. The van der Waals surface area contributed by atoms with Crippen LogP contribution in [0.15, 0.2) is 58.0 Å². The molecule has 1 atom stereocenters. The van der Waals surface area contributed by atoms with E-state index in [1.807, 2.05) is 37.0 Å². The van der Waals surface area contributed by atoms with Gasteiger partial charge >= 0.3 is 6.18 Å². The van der Waals surface area contributed by atoms with Crippen molar-refractivity contribution in [3.8, 4) is 11.5 Å². The van der Waals surface area contributed by atoms with Gasteiger partial charge in [0.1, 0.15) is 6.54 Å². The van der Waals surface area contributed by atoms with E-state index in [-0.39, 0.29) is 41.9 Å². The molecule has 4 aromatic rings. The minimum atomic E-state index is -4.54. The van der Waals surface area contributed by atoms with Crippen LogP contribution in [0.1, 0.15) is 22.7 Å². The molecule has 0 aliphatic carbocycles. The minimum Gasteiger partial charge on any atom is -0.378 e. The van der Waals surface area contributed by atoms with Gasteiger partial charge in [-0.3, -0.25) is 9.79 Å². The molecule has 0 saturated carbocycles. The Morgan fingerprint density at radius 2 is 1.98 bits per heavy atom. The fourth-order valence-electron chi connectivity index (χ4n) is 4.73. The largest absolute Gasteiger partial charge is 0.406 e. The number of likely N-dealkylation sites (tertiary alicyclic amines) is 1. The van der Waals surface area contributed by atoms with E-state index < -0.39 is 18.9 Å². The smallest absolute Gasteiger partial charge is 0.378 e. The number of amides is 1. The molecule has 1 aliphatic rings. The lowest BCUT2D eigenvalue weighted by Gasteiger charge is -2.26. The monoisotopic (exact) mass is 571 g/mol. The highest BCUT2D eigenvalue weighted by Gasteiger charge is 2.31. The number of aromatic nitrogens is 3. The van der Waals surface area contributed by atoms with E-state index >= 15 is 0 Å². The second-order valence-electron chi connectivity index (χ2n) is 10.2. The first-order chi connectivity index (χ1) is 19.5. The number of carbonyl (C=O) groups is 1. The van der Waals surface area contributed by atoms with Crippen molar-refractivity contribution in [2.24, 2.45) is 4.99 Å². The maximum Gasteiger partial charge on any atom is 0.406 e. The third kappa shape index (κ3) is 6.40. The molecule has 1 fully saturated rings. The van der Waals surface area contributed by atoms with Crippen LogP contribution < -0.4 is 10.2 Å². The number of fused-ring (bicyclic) bond motifs is 1. The number of halogens is 4. The second kappa shape index (κ2) is 11.3. The van der Waals surface area contributed by atoms with E-state index in [4.69, 9.17) is 4.52 Å². The molecule has 0 unspecified atom stereocenters. The first-order valence-electron chi connectivity index (χ1n) is 13.0. The zero-order valence-electron chi connectivity index (χ0n) is 22.7. The van der Waals surface area contributed by atoms with Crippen LogP contribution in [0.2, 0.25) is 0 Å². The second-order valence-corrected chi connectivity index (χ2v) is 10.2. The summed E-state index contributed by atoms with van der Waals surface area (Å²) in [4.78, 5) is 25.1. The predicted octanol–water partition coefficient (Wildman–Crippen LogP) is 5.00. The number of anilines is 1. The van der Waals surface area contributed by atoms with Crippen molar-refractivity contribution in [2.75, 3.05) is 39.1 Å². The molecule has 1 saturated heterocycles. The quantitative estimate of drug-likeness (QED) is 0.314. The van der Waals surface area contributed by atoms with E-state index in [1.165, 1.54) is 6.07 Å². The van der Waals surface area contributed by atoms with Crippen molar-refractivity contribution in [3.63, 3.8) is 0 Å². The van der Waals surface area contributed by atoms with Crippen LogP contribution in [0, 0.1) is 0 Å². The van der Waals surface area contributed by atoms with Gasteiger partial charge in [-0.25, -0.2) is 4.39 Å². The SMILES string of the molecule is CN1CCC(=Nc2cccc3c2cc(-c2noc(CNC(=O)c4cccc(N(C)C)c4)n2)n3CC(F)(F)F)[C@@H](F)C1. The molecule has 5 rings (SSSR count). The number of benzene rings is 2. The molecule has 13 heteroatoms. The van der Waals surface area contributed by atoms with E-state index in [2.05, 4.69) is 20.4 Å². The normalized spacial score (nSPS) is 17.3. The highest BCUT2D eigenvalue weighted by molar-refractivity contribution is 5.99. The van der Waals surface area contributed by atoms with Gasteiger partial charge in [0.25, 0.3) is 5.91 Å². The Kier molecular flexibility index (Phi) is 7.80. The molecular weight excluding hydrogens is 542 g/mol. The minimum absolute atomic E-state index is 0.0213. The summed E-state index contributed by atoms with van der Waals surface area (Å²) >= 11 is 0. The van der Waals surface area contributed by atoms with Crippen LogP contribution in [0.5, 0.6) is 0 Å². The fraction of sp³-hybridized carbons (Fsp3) is 0.357. The molecule has 0 spiro atoms. The van der Waals surface area contributed by atoms with Gasteiger partial charge in [0.2, 0.25) is 11.7 Å². The van der Waals surface area contributed by atoms with Crippen molar-refractivity contribution < 1.29 is 26.9 Å². The maximum atomic E-state index is 14.7. The fourth-order valence-corrected chi connectivity index (χ4v) is 4.73. The van der Waals surface area contributed by atoms with Crippen LogP contribution in [-0.4, -0.2) is 77.8 Å². The lowest BCUT2D eigenvalue weighted by Crippen LogP contribution is -2.39. The van der Waals surface area contributed by atoms with Gasteiger partial charge in [0.05, 0.1) is 29.2 Å². The number of hydrogen-bond acceptors (Lipinski definition) is 7. The summed E-state index contributed by atoms with van der Waals surface area (Å²) in [6.45, 7) is -0.578. The topological polar surface area (TPSA) is 91.8 Å². The average molecular weight is 572 g/mol. The van der Waals surface area contributed by atoms with Gasteiger partial charge in [-0.2, -0.15) is 18.2 Å².